The molecule has 1 N–H and O–H groups in total. The van der Waals surface area contributed by atoms with E-state index in [1.807, 2.05) is 24.3 Å². The van der Waals surface area contributed by atoms with Gasteiger partial charge in [-0.05, 0) is 37.8 Å². The molecule has 2 fully saturated rings. The zero-order chi connectivity index (χ0) is 15.8. The molecule has 1 aliphatic heterocycles. The van der Waals surface area contributed by atoms with Gasteiger partial charge in [-0.1, -0.05) is 12.1 Å². The van der Waals surface area contributed by atoms with Crippen LogP contribution in [0.5, 0.6) is 0 Å². The van der Waals surface area contributed by atoms with Crippen LogP contribution in [-0.2, 0) is 16.1 Å². The molecule has 120 valence electrons. The number of benzene rings is 1. The molecule has 1 aliphatic carbocycles. The van der Waals surface area contributed by atoms with Gasteiger partial charge in [0.25, 0.3) is 0 Å². The Morgan fingerprint density at radius 1 is 1.26 bits per heavy atom. The van der Waals surface area contributed by atoms with Crippen LogP contribution in [0.2, 0.25) is 0 Å². The fraction of sp³-hybridized carbons (Fsp3) is 0.471. The molecular formula is C17H19N3O2S. The second-order valence-corrected chi connectivity index (χ2v) is 7.37. The molecular weight excluding hydrogens is 310 g/mol. The average Bonchev–Trinajstić information content (AvgIpc) is 3.14. The molecule has 0 spiro atoms. The molecule has 2 amide bonds. The minimum absolute atomic E-state index is 0.0456. The Kier molecular flexibility index (Phi) is 3.77. The zero-order valence-corrected chi connectivity index (χ0v) is 13.6. The number of amides is 2. The van der Waals surface area contributed by atoms with Crippen LogP contribution in [0, 0.1) is 5.92 Å². The summed E-state index contributed by atoms with van der Waals surface area (Å²) in [5.41, 5.74) is 0.966. The SMILES string of the molecule is O=C(NCc1nc2ccccc2s1)[C@@H]1CCCN1C(=O)C1CC1. The second-order valence-electron chi connectivity index (χ2n) is 6.26. The van der Waals surface area contributed by atoms with E-state index >= 15 is 0 Å². The molecule has 5 nitrogen and oxygen atoms in total. The average molecular weight is 329 g/mol. The smallest absolute Gasteiger partial charge is 0.243 e. The quantitative estimate of drug-likeness (QED) is 0.936. The van der Waals surface area contributed by atoms with Crippen LogP contribution in [0.3, 0.4) is 0 Å². The third kappa shape index (κ3) is 2.95. The molecule has 0 bridgehead atoms. The number of para-hydroxylation sites is 1. The van der Waals surface area contributed by atoms with E-state index in [2.05, 4.69) is 10.3 Å². The molecule has 1 atom stereocenters. The van der Waals surface area contributed by atoms with Crippen LogP contribution >= 0.6 is 11.3 Å². The maximum atomic E-state index is 12.5. The van der Waals surface area contributed by atoms with Crippen LogP contribution in [0.4, 0.5) is 0 Å². The first kappa shape index (κ1) is 14.6. The molecule has 23 heavy (non-hydrogen) atoms. The van der Waals surface area contributed by atoms with Crippen molar-refractivity contribution in [1.29, 1.82) is 0 Å². The third-order valence-electron chi connectivity index (χ3n) is 4.52. The van der Waals surface area contributed by atoms with Crippen LogP contribution < -0.4 is 5.32 Å². The number of nitrogens with zero attached hydrogens (tertiary/aromatic N) is 2. The number of nitrogens with one attached hydrogen (secondary N) is 1. The highest BCUT2D eigenvalue weighted by molar-refractivity contribution is 7.18. The van der Waals surface area contributed by atoms with Gasteiger partial charge in [-0.25, -0.2) is 4.98 Å². The van der Waals surface area contributed by atoms with E-state index in [1.165, 1.54) is 0 Å². The highest BCUT2D eigenvalue weighted by Gasteiger charge is 2.40. The zero-order valence-electron chi connectivity index (χ0n) is 12.8. The minimum Gasteiger partial charge on any atom is -0.348 e. The van der Waals surface area contributed by atoms with E-state index in [0.717, 1.165) is 40.9 Å². The maximum Gasteiger partial charge on any atom is 0.243 e. The number of rotatable bonds is 4. The van der Waals surface area contributed by atoms with Crippen molar-refractivity contribution in [1.82, 2.24) is 15.2 Å². The van der Waals surface area contributed by atoms with Crippen molar-refractivity contribution in [3.05, 3.63) is 29.3 Å². The van der Waals surface area contributed by atoms with Gasteiger partial charge in [0, 0.05) is 12.5 Å². The van der Waals surface area contributed by atoms with E-state index in [1.54, 1.807) is 16.2 Å². The standard InChI is InChI=1S/C17H19N3O2S/c21-16(13-5-3-9-20(13)17(22)11-7-8-11)18-10-15-19-12-4-1-2-6-14(12)23-15/h1-2,4,6,11,13H,3,5,7-10H2,(H,18,21)/t13-/m0/s1. The van der Waals surface area contributed by atoms with Gasteiger partial charge in [-0.3, -0.25) is 9.59 Å². The van der Waals surface area contributed by atoms with E-state index in [9.17, 15) is 9.59 Å². The number of thiazole rings is 1. The van der Waals surface area contributed by atoms with E-state index in [-0.39, 0.29) is 23.8 Å². The predicted molar refractivity (Wildman–Crippen MR) is 88.9 cm³/mol. The Morgan fingerprint density at radius 3 is 2.87 bits per heavy atom. The van der Waals surface area contributed by atoms with Gasteiger partial charge in [0.15, 0.2) is 0 Å². The van der Waals surface area contributed by atoms with Crippen LogP contribution in [0.1, 0.15) is 30.7 Å². The fourth-order valence-electron chi connectivity index (χ4n) is 3.14. The van der Waals surface area contributed by atoms with Crippen molar-refractivity contribution in [3.8, 4) is 0 Å². The fourth-order valence-corrected chi connectivity index (χ4v) is 4.05. The molecule has 1 aromatic carbocycles. The lowest BCUT2D eigenvalue weighted by Crippen LogP contribution is -2.46. The normalized spacial score (nSPS) is 20.9. The van der Waals surface area contributed by atoms with Crippen LogP contribution in [-0.4, -0.2) is 34.3 Å². The van der Waals surface area contributed by atoms with E-state index < -0.39 is 0 Å². The first-order chi connectivity index (χ1) is 11.2. The highest BCUT2D eigenvalue weighted by Crippen LogP contribution is 2.33. The van der Waals surface area contributed by atoms with Crippen LogP contribution in [0.15, 0.2) is 24.3 Å². The van der Waals surface area contributed by atoms with Crippen molar-refractivity contribution >= 4 is 33.4 Å². The van der Waals surface area contributed by atoms with E-state index in [4.69, 9.17) is 0 Å². The monoisotopic (exact) mass is 329 g/mol. The minimum atomic E-state index is -0.294. The summed E-state index contributed by atoms with van der Waals surface area (Å²) in [6.07, 6.45) is 3.65. The van der Waals surface area contributed by atoms with Crippen molar-refractivity contribution in [2.45, 2.75) is 38.3 Å². The number of carbonyl (C=O) groups is 2. The number of aromatic nitrogens is 1. The van der Waals surface area contributed by atoms with Gasteiger partial charge in [0.1, 0.15) is 11.0 Å². The summed E-state index contributed by atoms with van der Waals surface area (Å²) in [5, 5.41) is 3.86. The number of hydrogen-bond acceptors (Lipinski definition) is 4. The molecule has 2 aliphatic rings. The van der Waals surface area contributed by atoms with E-state index in [0.29, 0.717) is 13.1 Å². The van der Waals surface area contributed by atoms with Crippen molar-refractivity contribution < 1.29 is 9.59 Å². The van der Waals surface area contributed by atoms with Crippen molar-refractivity contribution in [3.63, 3.8) is 0 Å². The molecule has 1 saturated carbocycles. The Hall–Kier alpha value is -1.95. The first-order valence-corrected chi connectivity index (χ1v) is 8.96. The number of hydrogen-bond donors (Lipinski definition) is 1. The Labute approximate surface area is 138 Å². The summed E-state index contributed by atoms with van der Waals surface area (Å²) in [7, 11) is 0. The molecule has 0 radical (unpaired) electrons. The Morgan fingerprint density at radius 2 is 2.09 bits per heavy atom. The lowest BCUT2D eigenvalue weighted by Gasteiger charge is -2.23. The molecule has 0 unspecified atom stereocenters. The van der Waals surface area contributed by atoms with Gasteiger partial charge in [-0.2, -0.15) is 0 Å². The summed E-state index contributed by atoms with van der Waals surface area (Å²) < 4.78 is 1.13. The van der Waals surface area contributed by atoms with Gasteiger partial charge >= 0.3 is 0 Å². The Balaban J connectivity index is 1.39. The largest absolute Gasteiger partial charge is 0.348 e. The maximum absolute atomic E-state index is 12.5. The summed E-state index contributed by atoms with van der Waals surface area (Å²) in [6, 6.07) is 7.67. The topological polar surface area (TPSA) is 62.3 Å². The highest BCUT2D eigenvalue weighted by atomic mass is 32.1. The molecule has 1 aromatic heterocycles. The molecule has 2 aromatic rings. The predicted octanol–water partition coefficient (Wildman–Crippen LogP) is 2.31. The third-order valence-corrected chi connectivity index (χ3v) is 5.55. The van der Waals surface area contributed by atoms with Gasteiger partial charge in [0.05, 0.1) is 16.8 Å². The Bertz CT molecular complexity index is 720. The van der Waals surface area contributed by atoms with Gasteiger partial charge < -0.3 is 10.2 Å². The molecule has 6 heteroatoms. The van der Waals surface area contributed by atoms with Crippen LogP contribution in [0.25, 0.3) is 10.2 Å². The van der Waals surface area contributed by atoms with Crippen molar-refractivity contribution in [2.75, 3.05) is 6.54 Å². The molecule has 2 heterocycles. The lowest BCUT2D eigenvalue weighted by molar-refractivity contribution is -0.139. The number of likely N-dealkylation sites (tertiary alicyclic amines) is 1. The summed E-state index contributed by atoms with van der Waals surface area (Å²) in [4.78, 5) is 31.0. The number of carbonyl (C=O) groups excluding carboxylic acids is 2. The molecule has 4 rings (SSSR count). The second kappa shape index (κ2) is 5.92. The van der Waals surface area contributed by atoms with Gasteiger partial charge in [0.2, 0.25) is 11.8 Å². The number of fused-ring (bicyclic) bond motifs is 1. The van der Waals surface area contributed by atoms with Crippen molar-refractivity contribution in [2.24, 2.45) is 5.92 Å². The summed E-state index contributed by atoms with van der Waals surface area (Å²) >= 11 is 1.60. The summed E-state index contributed by atoms with van der Waals surface area (Å²) in [5.74, 6) is 0.297. The first-order valence-electron chi connectivity index (χ1n) is 8.15. The lowest BCUT2D eigenvalue weighted by atomic mass is 10.2. The molecule has 1 saturated heterocycles. The summed E-state index contributed by atoms with van der Waals surface area (Å²) in [6.45, 7) is 1.15. The van der Waals surface area contributed by atoms with Gasteiger partial charge in [-0.15, -0.1) is 11.3 Å².